The molecule has 0 aromatic heterocycles. The Morgan fingerprint density at radius 3 is 2.36 bits per heavy atom. The summed E-state index contributed by atoms with van der Waals surface area (Å²) in [6, 6.07) is 10.5. The molecule has 0 heterocycles. The van der Waals surface area contributed by atoms with Crippen molar-refractivity contribution in [2.24, 2.45) is 4.99 Å². The van der Waals surface area contributed by atoms with Gasteiger partial charge in [-0.3, -0.25) is 4.99 Å². The van der Waals surface area contributed by atoms with Crippen LogP contribution in [0, 0.1) is 0 Å². The molecule has 58 valence electrons. The van der Waals surface area contributed by atoms with Crippen LogP contribution in [0.25, 0.3) is 0 Å². The van der Waals surface area contributed by atoms with E-state index in [9.17, 15) is 0 Å². The lowest BCUT2D eigenvalue weighted by molar-refractivity contribution is 0.841. The van der Waals surface area contributed by atoms with E-state index < -0.39 is 0 Å². The number of aliphatic imine (C=N–C) groups is 1. The lowest BCUT2D eigenvalue weighted by Gasteiger charge is -1.94. The van der Waals surface area contributed by atoms with E-state index >= 15 is 0 Å². The van der Waals surface area contributed by atoms with E-state index in [4.69, 9.17) is 0 Å². The van der Waals surface area contributed by atoms with Crippen LogP contribution in [0.3, 0.4) is 0 Å². The van der Waals surface area contributed by atoms with Crippen molar-refractivity contribution in [1.29, 1.82) is 0 Å². The molecule has 0 aliphatic rings. The summed E-state index contributed by atoms with van der Waals surface area (Å²) in [5, 5.41) is 0. The molecule has 0 amide bonds. The summed E-state index contributed by atoms with van der Waals surface area (Å²) in [5.41, 5.74) is 1.17. The maximum atomic E-state index is 4.27. The molecule has 1 heteroatoms. The van der Waals surface area contributed by atoms with E-state index in [2.05, 4.69) is 18.8 Å². The second kappa shape index (κ2) is 3.91. The lowest BCUT2D eigenvalue weighted by atomic mass is 10.2. The fraction of sp³-hybridized carbons (Fsp3) is 0.300. The molecule has 0 aliphatic heterocycles. The molecular weight excluding hydrogens is 134 g/mol. The van der Waals surface area contributed by atoms with Gasteiger partial charge in [-0.05, 0) is 19.4 Å². The second-order valence-electron chi connectivity index (χ2n) is 2.78. The normalized spacial score (nSPS) is 11.2. The highest BCUT2D eigenvalue weighted by Crippen LogP contribution is 1.95. The van der Waals surface area contributed by atoms with Crippen LogP contribution in [0.15, 0.2) is 35.3 Å². The van der Waals surface area contributed by atoms with E-state index in [0.717, 1.165) is 0 Å². The number of benzene rings is 1. The van der Waals surface area contributed by atoms with Gasteiger partial charge in [-0.2, -0.15) is 0 Å². The number of nitrogens with zero attached hydrogens (tertiary/aromatic N) is 1. The van der Waals surface area contributed by atoms with Gasteiger partial charge in [-0.25, -0.2) is 0 Å². The van der Waals surface area contributed by atoms with E-state index in [1.54, 1.807) is 0 Å². The van der Waals surface area contributed by atoms with Crippen LogP contribution in [-0.4, -0.2) is 12.3 Å². The molecule has 0 bridgehead atoms. The zero-order chi connectivity index (χ0) is 8.10. The lowest BCUT2D eigenvalue weighted by Crippen LogP contribution is -1.89. The highest BCUT2D eigenvalue weighted by molar-refractivity contribution is 5.79. The highest BCUT2D eigenvalue weighted by Gasteiger charge is 1.85. The van der Waals surface area contributed by atoms with Crippen molar-refractivity contribution in [3.8, 4) is 0 Å². The summed E-state index contributed by atoms with van der Waals surface area (Å²) in [6.07, 6.45) is 1.91. The predicted molar refractivity (Wildman–Crippen MR) is 49.2 cm³/mol. The number of hydrogen-bond donors (Lipinski definition) is 0. The molecule has 0 N–H and O–H groups in total. The zero-order valence-corrected chi connectivity index (χ0v) is 6.99. The fourth-order valence-electron chi connectivity index (χ4n) is 0.774. The van der Waals surface area contributed by atoms with Crippen molar-refractivity contribution in [1.82, 2.24) is 0 Å². The molecule has 0 unspecified atom stereocenters. The van der Waals surface area contributed by atoms with Crippen LogP contribution in [0.2, 0.25) is 0 Å². The van der Waals surface area contributed by atoms with Crippen LogP contribution in [-0.2, 0) is 0 Å². The van der Waals surface area contributed by atoms with Gasteiger partial charge in [0.1, 0.15) is 0 Å². The van der Waals surface area contributed by atoms with Crippen molar-refractivity contribution in [2.75, 3.05) is 0 Å². The summed E-state index contributed by atoms with van der Waals surface area (Å²) in [5.74, 6) is 0. The van der Waals surface area contributed by atoms with E-state index in [-0.39, 0.29) is 0 Å². The standard InChI is InChI=1S/C10H13N/c1-9(2)11-8-10-6-4-3-5-7-10/h3-9H,1-2H3/b11-8+. The van der Waals surface area contributed by atoms with Crippen molar-refractivity contribution < 1.29 is 0 Å². The molecular formula is C10H13N. The molecule has 1 rings (SSSR count). The molecule has 1 aromatic carbocycles. The Balaban J connectivity index is 2.65. The Bertz CT molecular complexity index is 224. The molecule has 0 atom stereocenters. The Morgan fingerprint density at radius 1 is 1.18 bits per heavy atom. The fourth-order valence-corrected chi connectivity index (χ4v) is 0.774. The largest absolute Gasteiger partial charge is 0.290 e. The minimum atomic E-state index is 0.384. The van der Waals surface area contributed by atoms with Crippen LogP contribution < -0.4 is 0 Å². The SMILES string of the molecule is CC(C)/N=C/c1ccccc1. The molecule has 1 aromatic rings. The smallest absolute Gasteiger partial charge is 0.0443 e. The first-order valence-corrected chi connectivity index (χ1v) is 3.87. The minimum absolute atomic E-state index is 0.384. The first kappa shape index (κ1) is 7.99. The Labute approximate surface area is 67.8 Å². The van der Waals surface area contributed by atoms with Gasteiger partial charge in [0.25, 0.3) is 0 Å². The van der Waals surface area contributed by atoms with Gasteiger partial charge in [-0.1, -0.05) is 30.3 Å². The van der Waals surface area contributed by atoms with Crippen LogP contribution in [0.1, 0.15) is 19.4 Å². The van der Waals surface area contributed by atoms with E-state index in [1.807, 2.05) is 36.5 Å². The molecule has 0 aliphatic carbocycles. The van der Waals surface area contributed by atoms with Crippen LogP contribution >= 0.6 is 0 Å². The van der Waals surface area contributed by atoms with Crippen molar-refractivity contribution in [2.45, 2.75) is 19.9 Å². The van der Waals surface area contributed by atoms with Gasteiger partial charge in [0.05, 0.1) is 0 Å². The van der Waals surface area contributed by atoms with Crippen LogP contribution in [0.5, 0.6) is 0 Å². The van der Waals surface area contributed by atoms with Gasteiger partial charge < -0.3 is 0 Å². The second-order valence-corrected chi connectivity index (χ2v) is 2.78. The van der Waals surface area contributed by atoms with Gasteiger partial charge in [-0.15, -0.1) is 0 Å². The summed E-state index contributed by atoms with van der Waals surface area (Å²) in [7, 11) is 0. The third-order valence-electron chi connectivity index (χ3n) is 1.32. The molecule has 1 nitrogen and oxygen atoms in total. The highest BCUT2D eigenvalue weighted by atomic mass is 14.7. The molecule has 11 heavy (non-hydrogen) atoms. The first-order chi connectivity index (χ1) is 5.29. The summed E-state index contributed by atoms with van der Waals surface area (Å²) in [6.45, 7) is 4.14. The monoisotopic (exact) mass is 147 g/mol. The van der Waals surface area contributed by atoms with Crippen molar-refractivity contribution in [3.05, 3.63) is 35.9 Å². The molecule has 0 radical (unpaired) electrons. The Kier molecular flexibility index (Phi) is 2.84. The third-order valence-corrected chi connectivity index (χ3v) is 1.32. The quantitative estimate of drug-likeness (QED) is 0.570. The Hall–Kier alpha value is -1.11. The minimum Gasteiger partial charge on any atom is -0.290 e. The number of rotatable bonds is 2. The maximum Gasteiger partial charge on any atom is 0.0443 e. The van der Waals surface area contributed by atoms with Gasteiger partial charge in [0.2, 0.25) is 0 Å². The van der Waals surface area contributed by atoms with Gasteiger partial charge >= 0.3 is 0 Å². The van der Waals surface area contributed by atoms with E-state index in [1.165, 1.54) is 5.56 Å². The average molecular weight is 147 g/mol. The van der Waals surface area contributed by atoms with Crippen molar-refractivity contribution in [3.63, 3.8) is 0 Å². The predicted octanol–water partition coefficient (Wildman–Crippen LogP) is 2.51. The molecule has 0 saturated carbocycles. The molecule has 0 fully saturated rings. The summed E-state index contributed by atoms with van der Waals surface area (Å²) in [4.78, 5) is 4.27. The average Bonchev–Trinajstić information content (AvgIpc) is 2.03. The van der Waals surface area contributed by atoms with Gasteiger partial charge in [0, 0.05) is 12.3 Å². The third kappa shape index (κ3) is 2.99. The number of hydrogen-bond acceptors (Lipinski definition) is 1. The Morgan fingerprint density at radius 2 is 1.82 bits per heavy atom. The summed E-state index contributed by atoms with van der Waals surface area (Å²) < 4.78 is 0. The van der Waals surface area contributed by atoms with E-state index in [0.29, 0.717) is 6.04 Å². The first-order valence-electron chi connectivity index (χ1n) is 3.87. The van der Waals surface area contributed by atoms with Gasteiger partial charge in [0.15, 0.2) is 0 Å². The maximum absolute atomic E-state index is 4.27. The topological polar surface area (TPSA) is 12.4 Å². The van der Waals surface area contributed by atoms with Crippen molar-refractivity contribution >= 4 is 6.21 Å². The molecule has 0 saturated heterocycles. The molecule has 0 spiro atoms. The van der Waals surface area contributed by atoms with Crippen LogP contribution in [0.4, 0.5) is 0 Å². The summed E-state index contributed by atoms with van der Waals surface area (Å²) >= 11 is 0. The zero-order valence-electron chi connectivity index (χ0n) is 6.99.